The summed E-state index contributed by atoms with van der Waals surface area (Å²) in [5.41, 5.74) is 1.12. The van der Waals surface area contributed by atoms with Crippen LogP contribution in [0.2, 0.25) is 0 Å². The molecule has 0 spiro atoms. The molecule has 1 saturated heterocycles. The number of thiophene rings is 1. The maximum Gasteiger partial charge on any atom is 0.160 e. The summed E-state index contributed by atoms with van der Waals surface area (Å²) < 4.78 is 0. The van der Waals surface area contributed by atoms with Gasteiger partial charge in [0, 0.05) is 36.2 Å². The van der Waals surface area contributed by atoms with Gasteiger partial charge in [-0.1, -0.05) is 0 Å². The molecule has 0 amide bonds. The number of carbonyl (C=O) groups is 1. The second-order valence-electron chi connectivity index (χ2n) is 3.99. The van der Waals surface area contributed by atoms with Crippen molar-refractivity contribution in [2.75, 3.05) is 18.1 Å². The molecule has 15 heavy (non-hydrogen) atoms. The van der Waals surface area contributed by atoms with Gasteiger partial charge in [-0.15, -0.1) is 11.3 Å². The van der Waals surface area contributed by atoms with Crippen LogP contribution in [0.15, 0.2) is 11.4 Å². The Kier molecular flexibility index (Phi) is 3.07. The van der Waals surface area contributed by atoms with Crippen LogP contribution >= 0.6 is 11.3 Å². The fourth-order valence-corrected chi connectivity index (χ4v) is 2.87. The normalized spacial score (nSPS) is 25.9. The molecule has 1 fully saturated rings. The monoisotopic (exact) mass is 225 g/mol. The number of hydrogen-bond donors (Lipinski definition) is 1. The van der Waals surface area contributed by atoms with Gasteiger partial charge < -0.3 is 10.0 Å². The van der Waals surface area contributed by atoms with Crippen LogP contribution in [-0.4, -0.2) is 30.6 Å². The summed E-state index contributed by atoms with van der Waals surface area (Å²) in [4.78, 5) is 13.6. The van der Waals surface area contributed by atoms with E-state index in [1.54, 1.807) is 0 Å². The maximum absolute atomic E-state index is 10.6. The van der Waals surface area contributed by atoms with Gasteiger partial charge in [0.2, 0.25) is 0 Å². The molecule has 2 rings (SSSR count). The Morgan fingerprint density at radius 2 is 2.53 bits per heavy atom. The van der Waals surface area contributed by atoms with Gasteiger partial charge in [0.1, 0.15) is 0 Å². The number of aliphatic hydroxyl groups is 1. The summed E-state index contributed by atoms with van der Waals surface area (Å²) in [5.74, 6) is 0.365. The van der Waals surface area contributed by atoms with Gasteiger partial charge in [0.05, 0.1) is 4.88 Å². The highest BCUT2D eigenvalue weighted by Crippen LogP contribution is 2.31. The zero-order valence-corrected chi connectivity index (χ0v) is 9.54. The van der Waals surface area contributed by atoms with Gasteiger partial charge in [0.25, 0.3) is 0 Å². The van der Waals surface area contributed by atoms with Gasteiger partial charge in [-0.3, -0.25) is 4.79 Å². The van der Waals surface area contributed by atoms with E-state index in [1.807, 2.05) is 11.4 Å². The molecule has 0 aromatic carbocycles. The molecule has 2 unspecified atom stereocenters. The van der Waals surface area contributed by atoms with E-state index >= 15 is 0 Å². The Bertz CT molecular complexity index is 350. The van der Waals surface area contributed by atoms with Gasteiger partial charge >= 0.3 is 0 Å². The molecule has 4 heteroatoms. The second kappa shape index (κ2) is 4.33. The van der Waals surface area contributed by atoms with Crippen LogP contribution in [0.4, 0.5) is 5.69 Å². The lowest BCUT2D eigenvalue weighted by Crippen LogP contribution is -2.30. The first-order chi connectivity index (χ1) is 7.26. The summed E-state index contributed by atoms with van der Waals surface area (Å²) in [6.07, 6.45) is 1.92. The molecule has 2 heterocycles. The largest absolute Gasteiger partial charge is 0.396 e. The molecule has 2 atom stereocenters. The first kappa shape index (κ1) is 10.6. The van der Waals surface area contributed by atoms with Crippen molar-refractivity contribution in [1.82, 2.24) is 0 Å². The predicted molar refractivity (Wildman–Crippen MR) is 61.7 cm³/mol. The molecule has 0 bridgehead atoms. The topological polar surface area (TPSA) is 40.5 Å². The molecule has 0 aliphatic carbocycles. The third-order valence-electron chi connectivity index (χ3n) is 3.20. The van der Waals surface area contributed by atoms with Crippen molar-refractivity contribution in [2.45, 2.75) is 19.4 Å². The molecule has 1 N–H and O–H groups in total. The first-order valence-corrected chi connectivity index (χ1v) is 6.05. The van der Waals surface area contributed by atoms with Crippen LogP contribution in [0.5, 0.6) is 0 Å². The van der Waals surface area contributed by atoms with E-state index < -0.39 is 0 Å². The van der Waals surface area contributed by atoms with E-state index in [4.69, 9.17) is 0 Å². The number of nitrogens with zero attached hydrogens (tertiary/aromatic N) is 1. The smallest absolute Gasteiger partial charge is 0.160 e. The van der Waals surface area contributed by atoms with Crippen molar-refractivity contribution in [1.29, 1.82) is 0 Å². The van der Waals surface area contributed by atoms with Crippen LogP contribution in [0.25, 0.3) is 0 Å². The van der Waals surface area contributed by atoms with Crippen molar-refractivity contribution < 1.29 is 9.90 Å². The van der Waals surface area contributed by atoms with Gasteiger partial charge in [-0.2, -0.15) is 0 Å². The standard InChI is InChI=1S/C11H15NO2S/c1-8-9(5-13)2-3-12(8)10-4-11(6-14)15-7-10/h4,6-9,13H,2-3,5H2,1H3. The van der Waals surface area contributed by atoms with Crippen LogP contribution < -0.4 is 4.90 Å². The molecule has 0 saturated carbocycles. The number of anilines is 1. The van der Waals surface area contributed by atoms with Gasteiger partial charge in [-0.05, 0) is 19.4 Å². The summed E-state index contributed by atoms with van der Waals surface area (Å²) in [6, 6.07) is 2.29. The average molecular weight is 225 g/mol. The maximum atomic E-state index is 10.6. The Balaban J connectivity index is 2.14. The lowest BCUT2D eigenvalue weighted by atomic mass is 10.0. The number of rotatable bonds is 3. The summed E-state index contributed by atoms with van der Waals surface area (Å²) in [6.45, 7) is 3.36. The zero-order chi connectivity index (χ0) is 10.8. The van der Waals surface area contributed by atoms with Gasteiger partial charge in [-0.25, -0.2) is 0 Å². The SMILES string of the molecule is CC1C(CO)CCN1c1csc(C=O)c1. The van der Waals surface area contributed by atoms with Crippen molar-refractivity contribution in [3.05, 3.63) is 16.3 Å². The van der Waals surface area contributed by atoms with E-state index in [2.05, 4.69) is 11.8 Å². The van der Waals surface area contributed by atoms with Crippen molar-refractivity contribution in [3.8, 4) is 0 Å². The lowest BCUT2D eigenvalue weighted by molar-refractivity contribution is 0.112. The molecule has 1 aromatic heterocycles. The Morgan fingerprint density at radius 1 is 1.73 bits per heavy atom. The molecule has 1 aliphatic rings. The fraction of sp³-hybridized carbons (Fsp3) is 0.545. The molecule has 0 radical (unpaired) electrons. The molecule has 82 valence electrons. The number of hydrogen-bond acceptors (Lipinski definition) is 4. The van der Waals surface area contributed by atoms with Crippen LogP contribution in [0.3, 0.4) is 0 Å². The Hall–Kier alpha value is -0.870. The third kappa shape index (κ3) is 1.92. The summed E-state index contributed by atoms with van der Waals surface area (Å²) >= 11 is 1.48. The Morgan fingerprint density at radius 3 is 3.07 bits per heavy atom. The zero-order valence-electron chi connectivity index (χ0n) is 8.72. The van der Waals surface area contributed by atoms with Crippen LogP contribution in [0.1, 0.15) is 23.0 Å². The molecule has 1 aliphatic heterocycles. The lowest BCUT2D eigenvalue weighted by Gasteiger charge is -2.24. The molecule has 3 nitrogen and oxygen atoms in total. The molecule has 1 aromatic rings. The highest BCUT2D eigenvalue weighted by molar-refractivity contribution is 7.12. The van der Waals surface area contributed by atoms with Crippen molar-refractivity contribution in [3.63, 3.8) is 0 Å². The van der Waals surface area contributed by atoms with E-state index in [1.165, 1.54) is 11.3 Å². The second-order valence-corrected chi connectivity index (χ2v) is 4.93. The third-order valence-corrected chi connectivity index (χ3v) is 4.05. The summed E-state index contributed by atoms with van der Waals surface area (Å²) in [7, 11) is 0. The number of carbonyl (C=O) groups excluding carboxylic acids is 1. The van der Waals surface area contributed by atoms with E-state index in [-0.39, 0.29) is 6.61 Å². The van der Waals surface area contributed by atoms with Gasteiger partial charge in [0.15, 0.2) is 6.29 Å². The van der Waals surface area contributed by atoms with Crippen molar-refractivity contribution in [2.24, 2.45) is 5.92 Å². The first-order valence-electron chi connectivity index (χ1n) is 5.17. The minimum Gasteiger partial charge on any atom is -0.396 e. The fourth-order valence-electron chi connectivity index (χ4n) is 2.17. The molecular formula is C11H15NO2S. The quantitative estimate of drug-likeness (QED) is 0.797. The summed E-state index contributed by atoms with van der Waals surface area (Å²) in [5, 5.41) is 11.2. The number of aliphatic hydroxyl groups excluding tert-OH is 1. The van der Waals surface area contributed by atoms with E-state index in [0.717, 1.165) is 29.8 Å². The minimum atomic E-state index is 0.252. The Labute approximate surface area is 93.3 Å². The highest BCUT2D eigenvalue weighted by atomic mass is 32.1. The van der Waals surface area contributed by atoms with Crippen LogP contribution in [0, 0.1) is 5.92 Å². The predicted octanol–water partition coefficient (Wildman–Crippen LogP) is 1.77. The van der Waals surface area contributed by atoms with Crippen molar-refractivity contribution >= 4 is 23.3 Å². The van der Waals surface area contributed by atoms with E-state index in [9.17, 15) is 9.90 Å². The van der Waals surface area contributed by atoms with E-state index in [0.29, 0.717) is 12.0 Å². The highest BCUT2D eigenvalue weighted by Gasteiger charge is 2.30. The number of aldehydes is 1. The average Bonchev–Trinajstić information content (AvgIpc) is 2.83. The minimum absolute atomic E-state index is 0.252. The van der Waals surface area contributed by atoms with Crippen LogP contribution in [-0.2, 0) is 0 Å². The molecular weight excluding hydrogens is 210 g/mol.